The molecule has 0 saturated heterocycles. The maximum Gasteiger partial charge on any atom is 0.345 e. The number of rotatable bonds is 2. The molecule has 0 amide bonds. The largest absolute Gasteiger partial charge is 0.505 e. The van der Waals surface area contributed by atoms with Crippen LogP contribution in [0.4, 0.5) is 4.39 Å². The van der Waals surface area contributed by atoms with Crippen molar-refractivity contribution in [2.75, 3.05) is 7.11 Å². The average molecular weight is 355 g/mol. The second-order valence-electron chi connectivity index (χ2n) is 6.73. The minimum absolute atomic E-state index is 0.286. The Morgan fingerprint density at radius 1 is 1.12 bits per heavy atom. The molecule has 1 aromatic carbocycles. The predicted octanol–water partition coefficient (Wildman–Crippen LogP) is 3.59. The van der Waals surface area contributed by atoms with Gasteiger partial charge >= 0.3 is 5.97 Å². The summed E-state index contributed by atoms with van der Waals surface area (Å²) < 4.78 is 19.8. The zero-order chi connectivity index (χ0) is 18.5. The van der Waals surface area contributed by atoms with Crippen molar-refractivity contribution in [3.05, 3.63) is 53.5 Å². The van der Waals surface area contributed by atoms with Gasteiger partial charge in [-0.3, -0.25) is 4.79 Å². The highest BCUT2D eigenvalue weighted by atomic mass is 19.1. The number of carbonyl (C=O) groups is 2. The molecule has 1 fully saturated rings. The Kier molecular flexibility index (Phi) is 3.72. The molecule has 0 radical (unpaired) electrons. The minimum Gasteiger partial charge on any atom is -0.505 e. The summed E-state index contributed by atoms with van der Waals surface area (Å²) in [5.41, 5.74) is 0.659. The van der Waals surface area contributed by atoms with E-state index in [1.54, 1.807) is 24.3 Å². The molecule has 6 heteroatoms. The Bertz CT molecular complexity index is 933. The van der Waals surface area contributed by atoms with Crippen molar-refractivity contribution in [1.29, 1.82) is 0 Å². The van der Waals surface area contributed by atoms with Crippen LogP contribution in [0.1, 0.15) is 31.4 Å². The van der Waals surface area contributed by atoms with E-state index in [2.05, 4.69) is 0 Å². The quantitative estimate of drug-likeness (QED) is 0.660. The molecule has 1 aliphatic carbocycles. The van der Waals surface area contributed by atoms with E-state index < -0.39 is 17.3 Å². The van der Waals surface area contributed by atoms with Crippen molar-refractivity contribution >= 4 is 17.5 Å². The molecule has 2 aliphatic rings. The summed E-state index contributed by atoms with van der Waals surface area (Å²) in [7, 11) is 1.19. The highest BCUT2D eigenvalue weighted by molar-refractivity contribution is 6.25. The van der Waals surface area contributed by atoms with E-state index in [0.717, 1.165) is 18.4 Å². The lowest BCUT2D eigenvalue weighted by Crippen LogP contribution is -2.46. The third kappa shape index (κ3) is 2.14. The molecule has 0 atom stereocenters. The molecule has 26 heavy (non-hydrogen) atoms. The summed E-state index contributed by atoms with van der Waals surface area (Å²) in [5, 5.41) is 10.6. The Labute approximate surface area is 149 Å². The summed E-state index contributed by atoms with van der Waals surface area (Å²) in [6.07, 6.45) is 2.85. The summed E-state index contributed by atoms with van der Waals surface area (Å²) >= 11 is 0. The number of ketones is 1. The predicted molar refractivity (Wildman–Crippen MR) is 92.8 cm³/mol. The maximum absolute atomic E-state index is 13.3. The number of nitrogens with zero attached hydrogens (tertiary/aromatic N) is 1. The van der Waals surface area contributed by atoms with Gasteiger partial charge in [-0.2, -0.15) is 0 Å². The first-order chi connectivity index (χ1) is 12.5. The van der Waals surface area contributed by atoms with Crippen LogP contribution in [0, 0.1) is 5.82 Å². The van der Waals surface area contributed by atoms with Gasteiger partial charge in [-0.15, -0.1) is 0 Å². The van der Waals surface area contributed by atoms with Gasteiger partial charge in [0.1, 0.15) is 16.9 Å². The smallest absolute Gasteiger partial charge is 0.345 e. The lowest BCUT2D eigenvalue weighted by molar-refractivity contribution is -0.139. The van der Waals surface area contributed by atoms with E-state index in [4.69, 9.17) is 4.74 Å². The van der Waals surface area contributed by atoms with Gasteiger partial charge in [0.15, 0.2) is 11.5 Å². The normalized spacial score (nSPS) is 18.3. The maximum atomic E-state index is 13.3. The van der Waals surface area contributed by atoms with Gasteiger partial charge in [-0.25, -0.2) is 9.18 Å². The standard InChI is InChI=1S/C20H18FNO4/c1-26-19(25)16-17(23)15-9-8-14(12-4-6-13(21)7-5-12)22(15)20(18(16)24)10-2-3-11-20/h4-9,23H,2-3,10-11H2,1H3. The van der Waals surface area contributed by atoms with Gasteiger partial charge in [-0.1, -0.05) is 12.8 Å². The van der Waals surface area contributed by atoms with Crippen molar-refractivity contribution in [2.24, 2.45) is 0 Å². The Balaban J connectivity index is 1.99. The van der Waals surface area contributed by atoms with Crippen LogP contribution >= 0.6 is 0 Å². The van der Waals surface area contributed by atoms with Crippen LogP contribution < -0.4 is 0 Å². The van der Waals surface area contributed by atoms with Gasteiger partial charge in [0.05, 0.1) is 12.8 Å². The fraction of sp³-hybridized carbons (Fsp3) is 0.300. The molecule has 1 aromatic heterocycles. The number of aromatic nitrogens is 1. The monoisotopic (exact) mass is 355 g/mol. The lowest BCUT2D eigenvalue weighted by Gasteiger charge is -2.37. The second-order valence-corrected chi connectivity index (χ2v) is 6.73. The number of hydrogen-bond donors (Lipinski definition) is 1. The molecule has 134 valence electrons. The van der Waals surface area contributed by atoms with Crippen LogP contribution in [0.3, 0.4) is 0 Å². The van der Waals surface area contributed by atoms with Crippen LogP contribution in [0.15, 0.2) is 42.0 Å². The number of carbonyl (C=O) groups excluding carboxylic acids is 2. The summed E-state index contributed by atoms with van der Waals surface area (Å²) in [5.74, 6) is -1.95. The molecule has 1 N–H and O–H groups in total. The number of Topliss-reactive ketones (excluding diaryl/α,β-unsaturated/α-hetero) is 1. The number of aliphatic hydroxyl groups excluding tert-OH is 1. The number of aliphatic hydroxyl groups is 1. The van der Waals surface area contributed by atoms with Crippen molar-refractivity contribution in [2.45, 2.75) is 31.2 Å². The van der Waals surface area contributed by atoms with Crippen LogP contribution in [0.2, 0.25) is 0 Å². The van der Waals surface area contributed by atoms with Crippen molar-refractivity contribution in [3.63, 3.8) is 0 Å². The summed E-state index contributed by atoms with van der Waals surface area (Å²) in [6, 6.07) is 9.47. The van der Waals surface area contributed by atoms with Gasteiger partial charge < -0.3 is 14.4 Å². The van der Waals surface area contributed by atoms with Crippen LogP contribution in [0.5, 0.6) is 0 Å². The number of benzene rings is 1. The zero-order valence-corrected chi connectivity index (χ0v) is 14.3. The molecular formula is C20H18FNO4. The number of hydrogen-bond acceptors (Lipinski definition) is 4. The molecule has 5 nitrogen and oxygen atoms in total. The van der Waals surface area contributed by atoms with Gasteiger partial charge in [0.2, 0.25) is 0 Å². The topological polar surface area (TPSA) is 68.5 Å². The number of methoxy groups -OCH3 is 1. The van der Waals surface area contributed by atoms with E-state index >= 15 is 0 Å². The van der Waals surface area contributed by atoms with E-state index in [1.807, 2.05) is 4.57 Å². The van der Waals surface area contributed by atoms with Crippen LogP contribution in [-0.2, 0) is 19.9 Å². The fourth-order valence-corrected chi connectivity index (χ4v) is 4.20. The third-order valence-electron chi connectivity index (χ3n) is 5.40. The molecule has 1 saturated carbocycles. The zero-order valence-electron chi connectivity index (χ0n) is 14.3. The van der Waals surface area contributed by atoms with Gasteiger partial charge in [0, 0.05) is 5.69 Å². The first-order valence-corrected chi connectivity index (χ1v) is 8.54. The molecule has 1 aliphatic heterocycles. The highest BCUT2D eigenvalue weighted by Gasteiger charge is 2.52. The Morgan fingerprint density at radius 2 is 1.73 bits per heavy atom. The third-order valence-corrected chi connectivity index (χ3v) is 5.40. The molecular weight excluding hydrogens is 337 g/mol. The number of fused-ring (bicyclic) bond motifs is 2. The van der Waals surface area contributed by atoms with E-state index in [1.165, 1.54) is 19.2 Å². The number of halogens is 1. The van der Waals surface area contributed by atoms with E-state index in [0.29, 0.717) is 24.2 Å². The molecule has 4 rings (SSSR count). The molecule has 0 unspecified atom stereocenters. The molecule has 1 spiro atoms. The van der Waals surface area contributed by atoms with Crippen molar-refractivity contribution < 1.29 is 23.8 Å². The van der Waals surface area contributed by atoms with Gasteiger partial charge in [0.25, 0.3) is 0 Å². The Morgan fingerprint density at radius 3 is 2.35 bits per heavy atom. The first-order valence-electron chi connectivity index (χ1n) is 8.54. The lowest BCUT2D eigenvalue weighted by atomic mass is 9.82. The SMILES string of the molecule is COC(=O)C1=C(O)c2ccc(-c3ccc(F)cc3)n2C2(CCCC2)C1=O. The summed E-state index contributed by atoms with van der Waals surface area (Å²) in [6.45, 7) is 0. The highest BCUT2D eigenvalue weighted by Crippen LogP contribution is 2.48. The van der Waals surface area contributed by atoms with E-state index in [-0.39, 0.29) is 17.1 Å². The fourth-order valence-electron chi connectivity index (χ4n) is 4.20. The van der Waals surface area contributed by atoms with E-state index in [9.17, 15) is 19.1 Å². The van der Waals surface area contributed by atoms with Crippen molar-refractivity contribution in [1.82, 2.24) is 4.57 Å². The molecule has 0 bridgehead atoms. The molecule has 2 aromatic rings. The number of ether oxygens (including phenoxy) is 1. The number of esters is 1. The average Bonchev–Trinajstić information content (AvgIpc) is 3.29. The van der Waals surface area contributed by atoms with Crippen LogP contribution in [0.25, 0.3) is 17.0 Å². The summed E-state index contributed by atoms with van der Waals surface area (Å²) in [4.78, 5) is 25.4. The van der Waals surface area contributed by atoms with Crippen LogP contribution in [-0.4, -0.2) is 28.5 Å². The molecule has 2 heterocycles. The first kappa shape index (κ1) is 16.6. The van der Waals surface area contributed by atoms with Gasteiger partial charge in [-0.05, 0) is 54.8 Å². The second kappa shape index (κ2) is 5.83. The Hall–Kier alpha value is -2.89. The van der Waals surface area contributed by atoms with Crippen molar-refractivity contribution in [3.8, 4) is 11.3 Å². The minimum atomic E-state index is -0.918.